The van der Waals surface area contributed by atoms with E-state index in [0.717, 1.165) is 5.56 Å². The first-order valence-corrected chi connectivity index (χ1v) is 5.37. The lowest BCUT2D eigenvalue weighted by molar-refractivity contribution is 0.0565. The number of aliphatic hydroxyl groups is 1. The summed E-state index contributed by atoms with van der Waals surface area (Å²) in [6.45, 7) is 0.690. The minimum atomic E-state index is -0.959. The van der Waals surface area contributed by atoms with Crippen LogP contribution in [0.1, 0.15) is 17.9 Å². The maximum Gasteiger partial charge on any atom is 0.407 e. The molecule has 16 heavy (non-hydrogen) atoms. The Morgan fingerprint density at radius 1 is 1.25 bits per heavy atom. The van der Waals surface area contributed by atoms with Crippen LogP contribution >= 0.6 is 0 Å². The van der Waals surface area contributed by atoms with Crippen LogP contribution in [-0.4, -0.2) is 40.4 Å². The fraction of sp³-hybridized carbons (Fsp3) is 0.417. The molecule has 86 valence electrons. The SMILES string of the molecule is O=C(O)N1C[C@H](O)C[C@H](c2ccccc2)C1. The maximum atomic E-state index is 10.9. The molecule has 1 amide bonds. The summed E-state index contributed by atoms with van der Waals surface area (Å²) in [6, 6.07) is 9.74. The zero-order chi connectivity index (χ0) is 11.5. The highest BCUT2D eigenvalue weighted by molar-refractivity contribution is 5.65. The second-order valence-corrected chi connectivity index (χ2v) is 4.18. The van der Waals surface area contributed by atoms with Crippen molar-refractivity contribution in [3.63, 3.8) is 0 Å². The lowest BCUT2D eigenvalue weighted by atomic mass is 9.89. The monoisotopic (exact) mass is 221 g/mol. The number of benzene rings is 1. The van der Waals surface area contributed by atoms with Gasteiger partial charge in [0.05, 0.1) is 6.10 Å². The molecule has 2 rings (SSSR count). The third kappa shape index (κ3) is 2.33. The molecule has 1 aromatic carbocycles. The van der Waals surface area contributed by atoms with E-state index in [2.05, 4.69) is 0 Å². The Bertz CT molecular complexity index is 366. The number of carbonyl (C=O) groups is 1. The van der Waals surface area contributed by atoms with Gasteiger partial charge in [-0.25, -0.2) is 4.79 Å². The topological polar surface area (TPSA) is 60.8 Å². The molecule has 1 aromatic rings. The number of hydrogen-bond acceptors (Lipinski definition) is 2. The molecular formula is C12H15NO3. The number of amides is 1. The zero-order valence-electron chi connectivity index (χ0n) is 8.91. The van der Waals surface area contributed by atoms with Gasteiger partial charge in [-0.1, -0.05) is 30.3 Å². The Hall–Kier alpha value is -1.55. The van der Waals surface area contributed by atoms with Crippen molar-refractivity contribution in [1.29, 1.82) is 0 Å². The molecule has 4 heteroatoms. The molecule has 1 heterocycles. The van der Waals surface area contributed by atoms with Crippen LogP contribution in [0.3, 0.4) is 0 Å². The smallest absolute Gasteiger partial charge is 0.407 e. The van der Waals surface area contributed by atoms with E-state index in [4.69, 9.17) is 5.11 Å². The summed E-state index contributed by atoms with van der Waals surface area (Å²) in [5, 5.41) is 18.6. The van der Waals surface area contributed by atoms with Crippen molar-refractivity contribution in [2.24, 2.45) is 0 Å². The van der Waals surface area contributed by atoms with Crippen molar-refractivity contribution in [1.82, 2.24) is 4.90 Å². The van der Waals surface area contributed by atoms with Gasteiger partial charge in [-0.15, -0.1) is 0 Å². The normalized spacial score (nSPS) is 25.4. The van der Waals surface area contributed by atoms with Crippen LogP contribution in [0.4, 0.5) is 4.79 Å². The Morgan fingerprint density at radius 2 is 1.94 bits per heavy atom. The standard InChI is InChI=1S/C12H15NO3/c14-11-6-10(7-13(8-11)12(15)16)9-4-2-1-3-5-9/h1-5,10-11,14H,6-8H2,(H,15,16)/t10-,11+/m0/s1. The molecule has 0 saturated carbocycles. The first-order chi connectivity index (χ1) is 7.66. The minimum Gasteiger partial charge on any atom is -0.465 e. The zero-order valence-corrected chi connectivity index (χ0v) is 8.91. The van der Waals surface area contributed by atoms with Crippen LogP contribution in [-0.2, 0) is 0 Å². The van der Waals surface area contributed by atoms with E-state index in [9.17, 15) is 9.90 Å². The first-order valence-electron chi connectivity index (χ1n) is 5.37. The van der Waals surface area contributed by atoms with Crippen molar-refractivity contribution < 1.29 is 15.0 Å². The van der Waals surface area contributed by atoms with Gasteiger partial charge in [0, 0.05) is 19.0 Å². The number of likely N-dealkylation sites (tertiary alicyclic amines) is 1. The van der Waals surface area contributed by atoms with Crippen molar-refractivity contribution in [3.05, 3.63) is 35.9 Å². The van der Waals surface area contributed by atoms with E-state index in [0.29, 0.717) is 13.0 Å². The van der Waals surface area contributed by atoms with E-state index in [-0.39, 0.29) is 12.5 Å². The van der Waals surface area contributed by atoms with Crippen LogP contribution in [0.15, 0.2) is 30.3 Å². The summed E-state index contributed by atoms with van der Waals surface area (Å²) in [5.41, 5.74) is 1.09. The highest BCUT2D eigenvalue weighted by Gasteiger charge is 2.29. The average Bonchev–Trinajstić information content (AvgIpc) is 2.29. The average molecular weight is 221 g/mol. The fourth-order valence-electron chi connectivity index (χ4n) is 2.20. The van der Waals surface area contributed by atoms with Gasteiger partial charge in [-0.3, -0.25) is 0 Å². The van der Waals surface area contributed by atoms with Gasteiger partial charge in [0.25, 0.3) is 0 Å². The Balaban J connectivity index is 2.14. The van der Waals surface area contributed by atoms with Gasteiger partial charge < -0.3 is 15.1 Å². The van der Waals surface area contributed by atoms with Crippen molar-refractivity contribution in [2.45, 2.75) is 18.4 Å². The van der Waals surface area contributed by atoms with Crippen LogP contribution in [0.5, 0.6) is 0 Å². The van der Waals surface area contributed by atoms with E-state index < -0.39 is 12.2 Å². The van der Waals surface area contributed by atoms with Crippen molar-refractivity contribution in [2.75, 3.05) is 13.1 Å². The molecule has 1 aliphatic heterocycles. The highest BCUT2D eigenvalue weighted by Crippen LogP contribution is 2.26. The van der Waals surface area contributed by atoms with Gasteiger partial charge >= 0.3 is 6.09 Å². The number of hydrogen-bond donors (Lipinski definition) is 2. The molecular weight excluding hydrogens is 206 g/mol. The fourth-order valence-corrected chi connectivity index (χ4v) is 2.20. The number of carboxylic acid groups (broad SMARTS) is 1. The molecule has 0 radical (unpaired) electrons. The molecule has 0 unspecified atom stereocenters. The quantitative estimate of drug-likeness (QED) is 0.755. The third-order valence-electron chi connectivity index (χ3n) is 2.97. The van der Waals surface area contributed by atoms with Crippen molar-refractivity contribution >= 4 is 6.09 Å². The largest absolute Gasteiger partial charge is 0.465 e. The van der Waals surface area contributed by atoms with E-state index in [1.54, 1.807) is 0 Å². The summed E-state index contributed by atoms with van der Waals surface area (Å²) < 4.78 is 0. The number of nitrogens with zero attached hydrogens (tertiary/aromatic N) is 1. The maximum absolute atomic E-state index is 10.9. The molecule has 0 spiro atoms. The van der Waals surface area contributed by atoms with Gasteiger partial charge in [0.1, 0.15) is 0 Å². The molecule has 0 aromatic heterocycles. The van der Waals surface area contributed by atoms with Gasteiger partial charge in [0.2, 0.25) is 0 Å². The molecule has 1 aliphatic rings. The van der Waals surface area contributed by atoms with Crippen LogP contribution < -0.4 is 0 Å². The Labute approximate surface area is 94.1 Å². The number of aliphatic hydroxyl groups excluding tert-OH is 1. The second-order valence-electron chi connectivity index (χ2n) is 4.18. The van der Waals surface area contributed by atoms with Crippen LogP contribution in [0, 0.1) is 0 Å². The Kier molecular flexibility index (Phi) is 3.10. The highest BCUT2D eigenvalue weighted by atomic mass is 16.4. The molecule has 0 aliphatic carbocycles. The van der Waals surface area contributed by atoms with Crippen LogP contribution in [0.25, 0.3) is 0 Å². The van der Waals surface area contributed by atoms with E-state index >= 15 is 0 Å². The third-order valence-corrected chi connectivity index (χ3v) is 2.97. The van der Waals surface area contributed by atoms with Gasteiger partial charge in [-0.2, -0.15) is 0 Å². The minimum absolute atomic E-state index is 0.0982. The molecule has 2 atom stereocenters. The van der Waals surface area contributed by atoms with Crippen LogP contribution in [0.2, 0.25) is 0 Å². The molecule has 1 fully saturated rings. The van der Waals surface area contributed by atoms with Crippen molar-refractivity contribution in [3.8, 4) is 0 Å². The number of β-amino-alcohol motifs (C(OH)–C–C–N with tert-alkyl or cyclic N) is 1. The van der Waals surface area contributed by atoms with Gasteiger partial charge in [-0.05, 0) is 12.0 Å². The Morgan fingerprint density at radius 3 is 2.56 bits per heavy atom. The predicted molar refractivity (Wildman–Crippen MR) is 59.4 cm³/mol. The lowest BCUT2D eigenvalue weighted by Gasteiger charge is -2.34. The summed E-state index contributed by atoms with van der Waals surface area (Å²) >= 11 is 0. The molecule has 1 saturated heterocycles. The molecule has 4 nitrogen and oxygen atoms in total. The van der Waals surface area contributed by atoms with E-state index in [1.807, 2.05) is 30.3 Å². The predicted octanol–water partition coefficient (Wildman–Crippen LogP) is 1.51. The summed E-state index contributed by atoms with van der Waals surface area (Å²) in [4.78, 5) is 12.2. The number of rotatable bonds is 1. The summed E-state index contributed by atoms with van der Waals surface area (Å²) in [5.74, 6) is 0.0982. The van der Waals surface area contributed by atoms with E-state index in [1.165, 1.54) is 4.90 Å². The molecule has 2 N–H and O–H groups in total. The summed E-state index contributed by atoms with van der Waals surface area (Å²) in [6.07, 6.45) is -0.886. The lowest BCUT2D eigenvalue weighted by Crippen LogP contribution is -2.44. The molecule has 0 bridgehead atoms. The first kappa shape index (κ1) is 11.0. The second kappa shape index (κ2) is 4.53. The van der Waals surface area contributed by atoms with Gasteiger partial charge in [0.15, 0.2) is 0 Å². The summed E-state index contributed by atoms with van der Waals surface area (Å²) in [7, 11) is 0. The number of piperidine rings is 1.